The molecule has 2 fully saturated rings. The van der Waals surface area contributed by atoms with E-state index in [1.165, 1.54) is 0 Å². The van der Waals surface area contributed by atoms with Gasteiger partial charge in [-0.1, -0.05) is 0 Å². The maximum atomic E-state index is 9.43. The van der Waals surface area contributed by atoms with Gasteiger partial charge in [0.15, 0.2) is 0 Å². The third-order valence-electron chi connectivity index (χ3n) is 3.98. The van der Waals surface area contributed by atoms with Gasteiger partial charge in [-0.25, -0.2) is 0 Å². The molecule has 5 nitrogen and oxygen atoms in total. The number of aliphatic hydroxyl groups is 4. The van der Waals surface area contributed by atoms with Crippen LogP contribution in [0.1, 0.15) is 65.2 Å². The summed E-state index contributed by atoms with van der Waals surface area (Å²) in [6.45, 7) is 3.86. The number of rotatable bonds is 3. The van der Waals surface area contributed by atoms with E-state index < -0.39 is 5.60 Å². The van der Waals surface area contributed by atoms with Gasteiger partial charge < -0.3 is 25.2 Å². The summed E-state index contributed by atoms with van der Waals surface area (Å²) in [6.07, 6.45) is 6.42. The Hall–Kier alpha value is -0.200. The molecule has 0 spiro atoms. The van der Waals surface area contributed by atoms with Gasteiger partial charge in [-0.15, -0.1) is 0 Å². The monoisotopic (exact) mass is 304 g/mol. The van der Waals surface area contributed by atoms with Gasteiger partial charge in [0.2, 0.25) is 0 Å². The first-order chi connectivity index (χ1) is 9.76. The zero-order valence-corrected chi connectivity index (χ0v) is 13.4. The topological polar surface area (TPSA) is 90.2 Å². The van der Waals surface area contributed by atoms with Gasteiger partial charge in [0.1, 0.15) is 0 Å². The number of ether oxygens (including phenoxy) is 1. The molecule has 0 amide bonds. The quantitative estimate of drug-likeness (QED) is 0.632. The van der Waals surface area contributed by atoms with E-state index in [9.17, 15) is 10.2 Å². The SMILES string of the molecule is CC(C)(O)COC1CCC(O)CC1.OC1CCC(O)CC1. The number of aliphatic hydroxyl groups excluding tert-OH is 3. The average molecular weight is 304 g/mol. The summed E-state index contributed by atoms with van der Waals surface area (Å²) >= 11 is 0. The largest absolute Gasteiger partial charge is 0.393 e. The van der Waals surface area contributed by atoms with Crippen molar-refractivity contribution < 1.29 is 25.2 Å². The third-order valence-corrected chi connectivity index (χ3v) is 3.98. The van der Waals surface area contributed by atoms with E-state index in [1.54, 1.807) is 13.8 Å². The fourth-order valence-corrected chi connectivity index (χ4v) is 2.59. The molecule has 0 aromatic heterocycles. The highest BCUT2D eigenvalue weighted by Gasteiger charge is 2.22. The highest BCUT2D eigenvalue weighted by Crippen LogP contribution is 2.21. The molecule has 0 aromatic carbocycles. The van der Waals surface area contributed by atoms with E-state index in [2.05, 4.69) is 0 Å². The van der Waals surface area contributed by atoms with Crippen LogP contribution >= 0.6 is 0 Å². The molecule has 2 aliphatic rings. The lowest BCUT2D eigenvalue weighted by molar-refractivity contribution is -0.0717. The summed E-state index contributed by atoms with van der Waals surface area (Å²) in [5.41, 5.74) is -0.740. The lowest BCUT2D eigenvalue weighted by Gasteiger charge is -2.28. The van der Waals surface area contributed by atoms with Crippen molar-refractivity contribution in [3.05, 3.63) is 0 Å². The van der Waals surface area contributed by atoms with Crippen LogP contribution in [0.5, 0.6) is 0 Å². The van der Waals surface area contributed by atoms with Crippen molar-refractivity contribution in [1.82, 2.24) is 0 Å². The predicted octanol–water partition coefficient (Wildman–Crippen LogP) is 1.36. The molecule has 4 N–H and O–H groups in total. The Morgan fingerprint density at radius 1 is 0.762 bits per heavy atom. The molecule has 0 heterocycles. The summed E-state index contributed by atoms with van der Waals surface area (Å²) in [5, 5.41) is 36.5. The summed E-state index contributed by atoms with van der Waals surface area (Å²) < 4.78 is 5.53. The first-order valence-electron chi connectivity index (χ1n) is 8.14. The standard InChI is InChI=1S/C10H20O3.C6H12O2/c1-10(2,12)7-13-9-5-3-8(11)4-6-9;7-5-1-2-6(8)4-3-5/h8-9,11-12H,3-7H2,1-2H3;5-8H,1-4H2. The van der Waals surface area contributed by atoms with Crippen LogP contribution in [0.2, 0.25) is 0 Å². The molecular formula is C16H32O5. The van der Waals surface area contributed by atoms with Crippen molar-refractivity contribution in [3.8, 4) is 0 Å². The lowest BCUT2D eigenvalue weighted by Crippen LogP contribution is -2.32. The van der Waals surface area contributed by atoms with Gasteiger partial charge in [0.05, 0.1) is 36.6 Å². The van der Waals surface area contributed by atoms with Crippen LogP contribution in [0.25, 0.3) is 0 Å². The average Bonchev–Trinajstić information content (AvgIpc) is 2.41. The minimum Gasteiger partial charge on any atom is -0.393 e. The number of hydrogen-bond acceptors (Lipinski definition) is 5. The summed E-state index contributed by atoms with van der Waals surface area (Å²) in [6, 6.07) is 0. The molecule has 0 aromatic rings. The Morgan fingerprint density at radius 2 is 1.10 bits per heavy atom. The second-order valence-corrected chi connectivity index (χ2v) is 7.02. The van der Waals surface area contributed by atoms with Crippen molar-refractivity contribution in [1.29, 1.82) is 0 Å². The van der Waals surface area contributed by atoms with Crippen LogP contribution in [0.15, 0.2) is 0 Å². The van der Waals surface area contributed by atoms with Gasteiger partial charge in [-0.2, -0.15) is 0 Å². The molecule has 0 radical (unpaired) electrons. The fraction of sp³-hybridized carbons (Fsp3) is 1.00. The summed E-state index contributed by atoms with van der Waals surface area (Å²) in [7, 11) is 0. The molecule has 0 atom stereocenters. The Labute approximate surface area is 127 Å². The Bertz CT molecular complexity index is 250. The second kappa shape index (κ2) is 9.06. The first-order valence-corrected chi connectivity index (χ1v) is 8.14. The Morgan fingerprint density at radius 3 is 1.43 bits per heavy atom. The van der Waals surface area contributed by atoms with Crippen molar-refractivity contribution in [2.75, 3.05) is 6.61 Å². The van der Waals surface area contributed by atoms with Crippen molar-refractivity contribution in [2.24, 2.45) is 0 Å². The zero-order chi connectivity index (χ0) is 15.9. The van der Waals surface area contributed by atoms with Crippen molar-refractivity contribution in [3.63, 3.8) is 0 Å². The molecule has 2 rings (SSSR count). The molecular weight excluding hydrogens is 272 g/mol. The highest BCUT2D eigenvalue weighted by molar-refractivity contribution is 4.73. The van der Waals surface area contributed by atoms with Crippen molar-refractivity contribution in [2.45, 2.75) is 95.2 Å². The van der Waals surface area contributed by atoms with Crippen LogP contribution in [0.4, 0.5) is 0 Å². The smallest absolute Gasteiger partial charge is 0.0824 e. The van der Waals surface area contributed by atoms with Crippen LogP contribution in [-0.4, -0.2) is 57.0 Å². The normalized spacial score (nSPS) is 34.0. The van der Waals surface area contributed by atoms with Gasteiger partial charge in [0.25, 0.3) is 0 Å². The van der Waals surface area contributed by atoms with E-state index in [0.717, 1.165) is 51.4 Å². The Balaban J connectivity index is 0.000000235. The third kappa shape index (κ3) is 9.42. The van der Waals surface area contributed by atoms with Crippen LogP contribution in [0.3, 0.4) is 0 Å². The molecule has 0 saturated heterocycles. The number of hydrogen-bond donors (Lipinski definition) is 4. The second-order valence-electron chi connectivity index (χ2n) is 7.02. The fourth-order valence-electron chi connectivity index (χ4n) is 2.59. The van der Waals surface area contributed by atoms with Crippen LogP contribution < -0.4 is 0 Å². The molecule has 2 saturated carbocycles. The zero-order valence-electron chi connectivity index (χ0n) is 13.4. The van der Waals surface area contributed by atoms with Gasteiger partial charge in [-0.05, 0) is 65.2 Å². The predicted molar refractivity (Wildman–Crippen MR) is 81.0 cm³/mol. The minimum atomic E-state index is -0.740. The van der Waals surface area contributed by atoms with Crippen LogP contribution in [0, 0.1) is 0 Å². The molecule has 0 aliphatic heterocycles. The minimum absolute atomic E-state index is 0.137. The Kier molecular flexibility index (Phi) is 8.13. The maximum Gasteiger partial charge on any atom is 0.0824 e. The van der Waals surface area contributed by atoms with Gasteiger partial charge >= 0.3 is 0 Å². The molecule has 5 heteroatoms. The molecule has 0 unspecified atom stereocenters. The molecule has 21 heavy (non-hydrogen) atoms. The highest BCUT2D eigenvalue weighted by atomic mass is 16.5. The van der Waals surface area contributed by atoms with E-state index in [-0.39, 0.29) is 24.4 Å². The molecule has 2 aliphatic carbocycles. The summed E-state index contributed by atoms with van der Waals surface area (Å²) in [4.78, 5) is 0. The van der Waals surface area contributed by atoms with Gasteiger partial charge in [-0.3, -0.25) is 0 Å². The molecule has 0 bridgehead atoms. The first kappa shape index (κ1) is 18.8. The van der Waals surface area contributed by atoms with E-state index in [0.29, 0.717) is 6.61 Å². The van der Waals surface area contributed by atoms with Crippen molar-refractivity contribution >= 4 is 0 Å². The molecule has 126 valence electrons. The van der Waals surface area contributed by atoms with E-state index in [1.807, 2.05) is 0 Å². The van der Waals surface area contributed by atoms with E-state index in [4.69, 9.17) is 14.9 Å². The summed E-state index contributed by atoms with van der Waals surface area (Å²) in [5.74, 6) is 0. The van der Waals surface area contributed by atoms with Gasteiger partial charge in [0, 0.05) is 0 Å². The maximum absolute atomic E-state index is 9.43. The lowest BCUT2D eigenvalue weighted by atomic mass is 9.95. The van der Waals surface area contributed by atoms with Crippen LogP contribution in [-0.2, 0) is 4.74 Å². The van der Waals surface area contributed by atoms with E-state index >= 15 is 0 Å².